The van der Waals surface area contributed by atoms with E-state index in [-0.39, 0.29) is 67.8 Å². The van der Waals surface area contributed by atoms with Crippen molar-refractivity contribution in [2.24, 2.45) is 7.05 Å². The molecule has 16 nitrogen and oxygen atoms in total. The number of rotatable bonds is 9. The van der Waals surface area contributed by atoms with Crippen molar-refractivity contribution < 1.29 is 36.7 Å². The van der Waals surface area contributed by atoms with Crippen molar-refractivity contribution in [2.45, 2.75) is 111 Å². The molecule has 6 heterocycles. The molecule has 19 heteroatoms. The number of anilines is 3. The minimum Gasteiger partial charge on any atom is -0.393 e. The number of aliphatic hydroxyl groups excluding tert-OH is 1. The lowest BCUT2D eigenvalue weighted by molar-refractivity contribution is -0.121. The van der Waals surface area contributed by atoms with Crippen LogP contribution in [0.5, 0.6) is 0 Å². The maximum atomic E-state index is 16.0. The highest BCUT2D eigenvalue weighted by molar-refractivity contribution is 7.89. The number of urea groups is 1. The van der Waals surface area contributed by atoms with Gasteiger partial charge in [0.1, 0.15) is 5.82 Å². The van der Waals surface area contributed by atoms with E-state index in [4.69, 9.17) is 4.98 Å². The van der Waals surface area contributed by atoms with Gasteiger partial charge < -0.3 is 10.4 Å². The predicted octanol–water partition coefficient (Wildman–Crippen LogP) is 4.38. The fourth-order valence-electron chi connectivity index (χ4n) is 10.4. The number of halogens is 2. The predicted molar refractivity (Wildman–Crippen MR) is 224 cm³/mol. The monoisotopic (exact) mass is 872 g/mol. The molecule has 0 bridgehead atoms. The van der Waals surface area contributed by atoms with Crippen molar-refractivity contribution in [2.75, 3.05) is 47.8 Å². The molecule has 62 heavy (non-hydrogen) atoms. The maximum absolute atomic E-state index is 16.0. The number of carbonyl (C=O) groups is 3. The molecule has 1 spiro atoms. The fraction of sp³-hybridized carbons (Fsp3) is 0.535. The molecule has 2 saturated carbocycles. The van der Waals surface area contributed by atoms with Crippen LogP contribution in [0.1, 0.15) is 86.8 Å². The summed E-state index contributed by atoms with van der Waals surface area (Å²) in [6.07, 6.45) is 7.14. The lowest BCUT2D eigenvalue weighted by Crippen LogP contribution is -2.49. The molecule has 3 saturated heterocycles. The minimum atomic E-state index is -3.87. The molecular formula is C43H50F2N10O6S. The third-order valence-corrected chi connectivity index (χ3v) is 15.7. The number of amides is 4. The lowest BCUT2D eigenvalue weighted by Gasteiger charge is -2.38. The van der Waals surface area contributed by atoms with Crippen molar-refractivity contribution >= 4 is 56.4 Å². The maximum Gasteiger partial charge on any atom is 0.329 e. The molecule has 3 atom stereocenters. The van der Waals surface area contributed by atoms with E-state index in [2.05, 4.69) is 20.7 Å². The number of aryl methyl sites for hydroxylation is 1. The number of nitrogens with one attached hydrogen (secondary N) is 2. The number of aliphatic hydroxyl groups is 1. The van der Waals surface area contributed by atoms with E-state index in [1.165, 1.54) is 9.21 Å². The standard InChI is InChI=1S/C43H50F2N10O6S/c1-51-35-21-27(8-9-32(35)37(50-51)54-19-13-36(57)48-41(54)59)33-12-16-52(25-43(33,44)45)24-26-4-2-7-31(20-26)62(60,61)53-17-10-28(11-18-53)47-40-46-23-34-38(49-40)55(39(58)42(34)14-15-42)29-5-3-6-30(56)22-29/h2,4,7-9,20-21,23,28-30,33,56H,3,5-6,10-19,22,24-25H2,1H3,(H,46,47,49)(H,48,57,59)/t29-,30-,33?/m1/s1. The van der Waals surface area contributed by atoms with Crippen LogP contribution in [0.4, 0.5) is 31.2 Å². The molecule has 0 radical (unpaired) electrons. The highest BCUT2D eigenvalue weighted by Crippen LogP contribution is 2.58. The van der Waals surface area contributed by atoms with Gasteiger partial charge in [0.15, 0.2) is 5.82 Å². The Kier molecular flexibility index (Phi) is 10.1. The molecule has 4 aliphatic heterocycles. The van der Waals surface area contributed by atoms with Crippen LogP contribution in [-0.2, 0) is 38.6 Å². The van der Waals surface area contributed by atoms with Crippen molar-refractivity contribution in [1.29, 1.82) is 0 Å². The third-order valence-electron chi connectivity index (χ3n) is 13.9. The fourth-order valence-corrected chi connectivity index (χ4v) is 11.9. The van der Waals surface area contributed by atoms with Crippen molar-refractivity contribution in [1.82, 2.24) is 34.3 Å². The lowest BCUT2D eigenvalue weighted by atomic mass is 9.85. The number of fused-ring (bicyclic) bond motifs is 3. The Bertz CT molecular complexity index is 2580. The van der Waals surface area contributed by atoms with Gasteiger partial charge in [-0.3, -0.25) is 34.3 Å². The molecule has 5 fully saturated rings. The number of alkyl halides is 2. The number of piperidine rings is 2. The van der Waals surface area contributed by atoms with Gasteiger partial charge in [-0.2, -0.15) is 14.4 Å². The summed E-state index contributed by atoms with van der Waals surface area (Å²) in [6, 6.07) is 10.9. The highest BCUT2D eigenvalue weighted by atomic mass is 32.2. The van der Waals surface area contributed by atoms with E-state index >= 15 is 8.78 Å². The molecule has 10 rings (SSSR count). The first kappa shape index (κ1) is 40.9. The van der Waals surface area contributed by atoms with Crippen molar-refractivity contribution in [3.05, 3.63) is 65.4 Å². The van der Waals surface area contributed by atoms with Crippen LogP contribution in [-0.4, -0.2) is 117 Å². The summed E-state index contributed by atoms with van der Waals surface area (Å²) < 4.78 is 62.8. The highest BCUT2D eigenvalue weighted by Gasteiger charge is 2.61. The smallest absolute Gasteiger partial charge is 0.329 e. The molecule has 328 valence electrons. The van der Waals surface area contributed by atoms with Crippen LogP contribution in [0.3, 0.4) is 0 Å². The minimum absolute atomic E-state index is 0.0581. The average Bonchev–Trinajstić information content (AvgIpc) is 3.93. The largest absolute Gasteiger partial charge is 0.393 e. The van der Waals surface area contributed by atoms with E-state index in [0.29, 0.717) is 65.4 Å². The number of benzene rings is 2. The van der Waals surface area contributed by atoms with Gasteiger partial charge in [-0.05, 0) is 99.7 Å². The Labute approximate surface area is 357 Å². The summed E-state index contributed by atoms with van der Waals surface area (Å²) in [4.78, 5) is 52.2. The molecule has 2 aromatic carbocycles. The number of likely N-dealkylation sites (tertiary alicyclic amines) is 1. The summed E-state index contributed by atoms with van der Waals surface area (Å²) >= 11 is 0. The SMILES string of the molecule is Cn1nc(N2CCC(=O)NC2=O)c2ccc(C3CCN(Cc4cccc(S(=O)(=O)N5CCC(Nc6ncc7c(n6)N([C@@H]6CCC[C@@H](O)C6)C(=O)C76CC6)CC5)c4)CC3(F)F)cc21. The molecule has 1 unspecified atom stereocenters. The van der Waals surface area contributed by atoms with Gasteiger partial charge in [-0.1, -0.05) is 18.2 Å². The zero-order chi connectivity index (χ0) is 43.1. The Morgan fingerprint density at radius 1 is 0.968 bits per heavy atom. The van der Waals surface area contributed by atoms with Crippen LogP contribution in [0.25, 0.3) is 10.9 Å². The molecular weight excluding hydrogens is 823 g/mol. The number of carbonyl (C=O) groups excluding carboxylic acids is 3. The number of nitrogens with zero attached hydrogens (tertiary/aromatic N) is 8. The van der Waals surface area contributed by atoms with Gasteiger partial charge in [0.05, 0.1) is 34.4 Å². The van der Waals surface area contributed by atoms with E-state index in [1.807, 2.05) is 0 Å². The number of hydrogen-bond donors (Lipinski definition) is 3. The first-order valence-electron chi connectivity index (χ1n) is 21.6. The number of imide groups is 1. The Balaban J connectivity index is 0.764. The summed E-state index contributed by atoms with van der Waals surface area (Å²) in [7, 11) is -2.18. The number of aromatic nitrogens is 4. The topological polar surface area (TPSA) is 186 Å². The molecule has 3 N–H and O–H groups in total. The second-order valence-electron chi connectivity index (χ2n) is 17.9. The van der Waals surface area contributed by atoms with Gasteiger partial charge in [-0.25, -0.2) is 27.0 Å². The van der Waals surface area contributed by atoms with E-state index in [9.17, 15) is 27.9 Å². The second kappa shape index (κ2) is 15.3. The first-order chi connectivity index (χ1) is 29.7. The van der Waals surface area contributed by atoms with Crippen LogP contribution in [0.15, 0.2) is 53.6 Å². The first-order valence-corrected chi connectivity index (χ1v) is 23.1. The Hall–Kier alpha value is -5.11. The van der Waals surface area contributed by atoms with Gasteiger partial charge in [0.2, 0.25) is 27.8 Å². The van der Waals surface area contributed by atoms with Crippen LogP contribution < -0.4 is 20.4 Å². The zero-order valence-electron chi connectivity index (χ0n) is 34.5. The van der Waals surface area contributed by atoms with E-state index in [0.717, 1.165) is 37.7 Å². The quantitative estimate of drug-likeness (QED) is 0.217. The van der Waals surface area contributed by atoms with E-state index < -0.39 is 46.0 Å². The molecule has 2 aromatic heterocycles. The van der Waals surface area contributed by atoms with E-state index in [1.54, 1.807) is 70.2 Å². The molecule has 4 aromatic rings. The average molecular weight is 873 g/mol. The Morgan fingerprint density at radius 3 is 2.52 bits per heavy atom. The van der Waals surface area contributed by atoms with Crippen LogP contribution in [0.2, 0.25) is 0 Å². The molecule has 6 aliphatic rings. The summed E-state index contributed by atoms with van der Waals surface area (Å²) in [6.45, 7) is 0.744. The van der Waals surface area contributed by atoms with Gasteiger partial charge in [0.25, 0.3) is 5.92 Å². The van der Waals surface area contributed by atoms with Crippen LogP contribution in [0, 0.1) is 0 Å². The number of hydrogen-bond acceptors (Lipinski definition) is 11. The summed E-state index contributed by atoms with van der Waals surface area (Å²) in [5.74, 6) is -3.05. The van der Waals surface area contributed by atoms with Crippen molar-refractivity contribution in [3.8, 4) is 0 Å². The molecule has 2 aliphatic carbocycles. The second-order valence-corrected chi connectivity index (χ2v) is 19.9. The third kappa shape index (κ3) is 7.19. The zero-order valence-corrected chi connectivity index (χ0v) is 35.3. The molecule has 4 amide bonds. The normalized spacial score (nSPS) is 25.7. The van der Waals surface area contributed by atoms with Crippen molar-refractivity contribution in [3.63, 3.8) is 0 Å². The van der Waals surface area contributed by atoms with Crippen LogP contribution >= 0.6 is 0 Å². The van der Waals surface area contributed by atoms with Gasteiger partial charge in [-0.15, -0.1) is 0 Å². The summed E-state index contributed by atoms with van der Waals surface area (Å²) in [5, 5.41) is 21.2. The van der Waals surface area contributed by atoms with Gasteiger partial charge >= 0.3 is 6.03 Å². The van der Waals surface area contributed by atoms with Gasteiger partial charge in [0, 0.05) is 68.9 Å². The summed E-state index contributed by atoms with van der Waals surface area (Å²) in [5.41, 5.74) is 2.01. The number of sulfonamides is 1. The Morgan fingerprint density at radius 2 is 1.77 bits per heavy atom.